The topological polar surface area (TPSA) is 71.5 Å². The number of benzene rings is 2. The minimum atomic E-state index is -0.825. The van der Waals surface area contributed by atoms with Gasteiger partial charge < -0.3 is 24.5 Å². The maximum absolute atomic E-state index is 14.0. The normalized spacial score (nSPS) is 21.1. The van der Waals surface area contributed by atoms with E-state index in [1.54, 1.807) is 18.6 Å². The third kappa shape index (κ3) is 5.11. The van der Waals surface area contributed by atoms with E-state index in [1.165, 1.54) is 12.1 Å². The van der Waals surface area contributed by atoms with Crippen molar-refractivity contribution in [3.05, 3.63) is 77.6 Å². The summed E-state index contributed by atoms with van der Waals surface area (Å²) < 4.78 is 33.9. The summed E-state index contributed by atoms with van der Waals surface area (Å²) in [6.45, 7) is 1.02. The number of halogens is 2. The molecule has 0 amide bonds. The van der Waals surface area contributed by atoms with E-state index in [0.717, 1.165) is 12.0 Å². The van der Waals surface area contributed by atoms with Crippen LogP contribution in [0, 0.1) is 5.82 Å². The third-order valence-corrected chi connectivity index (χ3v) is 5.24. The van der Waals surface area contributed by atoms with Gasteiger partial charge in [0.2, 0.25) is 0 Å². The number of rotatable bonds is 8. The number of nitrogen functional groups attached to an aromatic ring is 1. The van der Waals surface area contributed by atoms with Crippen LogP contribution in [0.3, 0.4) is 0 Å². The molecule has 1 fully saturated rings. The largest absolute Gasteiger partial charge is 0.488 e. The molecule has 30 heavy (non-hydrogen) atoms. The van der Waals surface area contributed by atoms with Crippen molar-refractivity contribution in [3.63, 3.8) is 0 Å². The highest BCUT2D eigenvalue weighted by atomic mass is 35.5. The van der Waals surface area contributed by atoms with Crippen molar-refractivity contribution in [3.8, 4) is 5.75 Å². The Kier molecular flexibility index (Phi) is 6.22. The van der Waals surface area contributed by atoms with Crippen LogP contribution in [0.4, 0.5) is 10.1 Å². The quantitative estimate of drug-likeness (QED) is 0.544. The zero-order chi connectivity index (χ0) is 21.0. The third-order valence-electron chi connectivity index (χ3n) is 4.98. The molecule has 2 N–H and O–H groups in total. The number of imidazole rings is 1. The molecule has 0 radical (unpaired) electrons. The summed E-state index contributed by atoms with van der Waals surface area (Å²) >= 11 is 5.98. The standard InChI is InChI=1S/C22H23ClFN3O3/c23-17-3-1-16(2-4-17)7-8-22(14-27-10-9-26-15-27)29-13-19(30-22)12-28-21-6-5-18(25)11-20(21)24/h1-6,9-11,15,19H,7-8,12-14,25H2/t19-,22+/m1/s1. The Hall–Kier alpha value is -2.61. The molecule has 2 atom stereocenters. The van der Waals surface area contributed by atoms with Crippen LogP contribution in [0.2, 0.25) is 5.02 Å². The molecule has 158 valence electrons. The van der Waals surface area contributed by atoms with Gasteiger partial charge in [0, 0.05) is 35.6 Å². The van der Waals surface area contributed by atoms with Gasteiger partial charge in [0.05, 0.1) is 19.5 Å². The highest BCUT2D eigenvalue weighted by Gasteiger charge is 2.42. The fourth-order valence-corrected chi connectivity index (χ4v) is 3.58. The number of aromatic nitrogens is 2. The summed E-state index contributed by atoms with van der Waals surface area (Å²) in [5.74, 6) is -1.18. The van der Waals surface area contributed by atoms with E-state index >= 15 is 0 Å². The number of nitrogens with zero attached hydrogens (tertiary/aromatic N) is 2. The molecule has 1 aromatic heterocycles. The first kappa shape index (κ1) is 20.7. The molecule has 1 saturated heterocycles. The Morgan fingerprint density at radius 3 is 2.83 bits per heavy atom. The highest BCUT2D eigenvalue weighted by Crippen LogP contribution is 2.32. The summed E-state index contributed by atoms with van der Waals surface area (Å²) in [5.41, 5.74) is 7.07. The fourth-order valence-electron chi connectivity index (χ4n) is 3.45. The van der Waals surface area contributed by atoms with Crippen LogP contribution < -0.4 is 10.5 Å². The lowest BCUT2D eigenvalue weighted by Crippen LogP contribution is -2.37. The van der Waals surface area contributed by atoms with Crippen molar-refractivity contribution >= 4 is 17.3 Å². The lowest BCUT2D eigenvalue weighted by atomic mass is 10.0. The molecule has 6 nitrogen and oxygen atoms in total. The van der Waals surface area contributed by atoms with Crippen molar-refractivity contribution in [1.29, 1.82) is 0 Å². The molecule has 2 aromatic carbocycles. The minimum Gasteiger partial charge on any atom is -0.488 e. The Bertz CT molecular complexity index is 968. The zero-order valence-corrected chi connectivity index (χ0v) is 17.1. The van der Waals surface area contributed by atoms with E-state index in [0.29, 0.717) is 30.3 Å². The van der Waals surface area contributed by atoms with Gasteiger partial charge in [-0.1, -0.05) is 23.7 Å². The molecule has 1 aliphatic heterocycles. The number of hydrogen-bond acceptors (Lipinski definition) is 5. The van der Waals surface area contributed by atoms with Crippen molar-refractivity contribution in [2.24, 2.45) is 0 Å². The Labute approximate surface area is 179 Å². The first-order chi connectivity index (χ1) is 14.5. The minimum absolute atomic E-state index is 0.140. The molecular formula is C22H23ClFN3O3. The van der Waals surface area contributed by atoms with Crippen LogP contribution in [0.1, 0.15) is 12.0 Å². The van der Waals surface area contributed by atoms with E-state index in [2.05, 4.69) is 4.98 Å². The predicted molar refractivity (Wildman–Crippen MR) is 112 cm³/mol. The maximum Gasteiger partial charge on any atom is 0.187 e. The van der Waals surface area contributed by atoms with Gasteiger partial charge in [-0.25, -0.2) is 9.37 Å². The molecule has 0 saturated carbocycles. The number of ether oxygens (including phenoxy) is 3. The van der Waals surface area contributed by atoms with E-state index in [1.807, 2.05) is 35.0 Å². The van der Waals surface area contributed by atoms with E-state index < -0.39 is 11.6 Å². The summed E-state index contributed by atoms with van der Waals surface area (Å²) in [4.78, 5) is 4.10. The first-order valence-electron chi connectivity index (χ1n) is 9.71. The molecule has 0 bridgehead atoms. The maximum atomic E-state index is 14.0. The first-order valence-corrected chi connectivity index (χ1v) is 10.1. The molecule has 0 aliphatic carbocycles. The smallest absolute Gasteiger partial charge is 0.187 e. The Balaban J connectivity index is 1.41. The van der Waals surface area contributed by atoms with Gasteiger partial charge in [0.1, 0.15) is 12.7 Å². The van der Waals surface area contributed by atoms with Gasteiger partial charge in [-0.15, -0.1) is 0 Å². The van der Waals surface area contributed by atoms with Gasteiger partial charge in [0.25, 0.3) is 0 Å². The van der Waals surface area contributed by atoms with Crippen LogP contribution in [-0.4, -0.2) is 34.7 Å². The van der Waals surface area contributed by atoms with E-state index in [9.17, 15) is 4.39 Å². The molecule has 8 heteroatoms. The molecule has 4 rings (SSSR count). The molecule has 2 heterocycles. The predicted octanol–water partition coefficient (Wildman–Crippen LogP) is 4.08. The number of aryl methyl sites for hydroxylation is 1. The monoisotopic (exact) mass is 431 g/mol. The van der Waals surface area contributed by atoms with E-state index in [4.69, 9.17) is 31.5 Å². The van der Waals surface area contributed by atoms with Crippen molar-refractivity contribution in [2.45, 2.75) is 31.3 Å². The van der Waals surface area contributed by atoms with E-state index in [-0.39, 0.29) is 18.5 Å². The van der Waals surface area contributed by atoms with Crippen molar-refractivity contribution < 1.29 is 18.6 Å². The summed E-state index contributed by atoms with van der Waals surface area (Å²) in [6, 6.07) is 12.1. The van der Waals surface area contributed by atoms with Gasteiger partial charge in [-0.05, 0) is 36.2 Å². The molecule has 3 aromatic rings. The molecular weight excluding hydrogens is 409 g/mol. The molecule has 0 unspecified atom stereocenters. The number of hydrogen-bond donors (Lipinski definition) is 1. The zero-order valence-electron chi connectivity index (χ0n) is 16.3. The average Bonchev–Trinajstić information content (AvgIpc) is 3.38. The van der Waals surface area contributed by atoms with Crippen LogP contribution in [0.5, 0.6) is 5.75 Å². The SMILES string of the molecule is Nc1ccc(OC[C@@H]2CO[C@](CCc3ccc(Cl)cc3)(Cn3ccnc3)O2)c(F)c1. The number of nitrogens with two attached hydrogens (primary N) is 1. The summed E-state index contributed by atoms with van der Waals surface area (Å²) in [7, 11) is 0. The number of anilines is 1. The second-order valence-corrected chi connectivity index (χ2v) is 7.76. The lowest BCUT2D eigenvalue weighted by Gasteiger charge is -2.28. The second kappa shape index (κ2) is 9.04. The van der Waals surface area contributed by atoms with Gasteiger partial charge in [-0.3, -0.25) is 0 Å². The van der Waals surface area contributed by atoms with Crippen LogP contribution >= 0.6 is 11.6 Å². The van der Waals surface area contributed by atoms with Gasteiger partial charge in [-0.2, -0.15) is 0 Å². The lowest BCUT2D eigenvalue weighted by molar-refractivity contribution is -0.184. The second-order valence-electron chi connectivity index (χ2n) is 7.32. The Morgan fingerprint density at radius 1 is 1.27 bits per heavy atom. The van der Waals surface area contributed by atoms with Crippen LogP contribution in [0.25, 0.3) is 0 Å². The van der Waals surface area contributed by atoms with Crippen molar-refractivity contribution in [1.82, 2.24) is 9.55 Å². The molecule has 1 aliphatic rings. The van der Waals surface area contributed by atoms with Crippen molar-refractivity contribution in [2.75, 3.05) is 18.9 Å². The van der Waals surface area contributed by atoms with Crippen LogP contribution in [-0.2, 0) is 22.4 Å². The van der Waals surface area contributed by atoms with Gasteiger partial charge in [0.15, 0.2) is 17.4 Å². The summed E-state index contributed by atoms with van der Waals surface area (Å²) in [6.07, 6.45) is 6.38. The summed E-state index contributed by atoms with van der Waals surface area (Å²) in [5, 5.41) is 0.701. The Morgan fingerprint density at radius 2 is 2.10 bits per heavy atom. The van der Waals surface area contributed by atoms with Gasteiger partial charge >= 0.3 is 0 Å². The van der Waals surface area contributed by atoms with Crippen LogP contribution in [0.15, 0.2) is 61.2 Å². The molecule has 0 spiro atoms. The highest BCUT2D eigenvalue weighted by molar-refractivity contribution is 6.30. The average molecular weight is 432 g/mol. The fraction of sp³-hybridized carbons (Fsp3) is 0.318.